The molecule has 0 radical (unpaired) electrons. The Morgan fingerprint density at radius 2 is 1.87 bits per heavy atom. The molecule has 0 saturated heterocycles. The largest absolute Gasteiger partial charge is 0.354 e. The summed E-state index contributed by atoms with van der Waals surface area (Å²) in [5.74, 6) is 0.120. The van der Waals surface area contributed by atoms with Crippen LogP contribution in [0.25, 0.3) is 0 Å². The molecule has 0 spiro atoms. The molecule has 0 saturated carbocycles. The van der Waals surface area contributed by atoms with Crippen LogP contribution in [-0.4, -0.2) is 43.0 Å². The number of nitrogens with one attached hydrogen (secondary N) is 2. The van der Waals surface area contributed by atoms with Crippen LogP contribution < -0.4 is 10.6 Å². The third-order valence-corrected chi connectivity index (χ3v) is 4.31. The first-order valence-electron chi connectivity index (χ1n) is 7.76. The first-order valence-corrected chi connectivity index (χ1v) is 7.76. The van der Waals surface area contributed by atoms with E-state index < -0.39 is 0 Å². The summed E-state index contributed by atoms with van der Waals surface area (Å²) in [4.78, 5) is 14.2. The van der Waals surface area contributed by atoms with E-state index in [4.69, 9.17) is 0 Å². The highest BCUT2D eigenvalue weighted by Gasteiger charge is 2.29. The molecular formula is C17H29Cl2N3O. The van der Waals surface area contributed by atoms with Gasteiger partial charge >= 0.3 is 0 Å². The number of carbonyl (C=O) groups excluding carboxylic acids is 1. The van der Waals surface area contributed by atoms with Crippen LogP contribution in [-0.2, 0) is 17.8 Å². The van der Waals surface area contributed by atoms with Gasteiger partial charge in [-0.3, -0.25) is 9.69 Å². The lowest BCUT2D eigenvalue weighted by molar-refractivity contribution is -0.121. The number of rotatable bonds is 6. The van der Waals surface area contributed by atoms with Gasteiger partial charge in [0.05, 0.1) is 0 Å². The Morgan fingerprint density at radius 3 is 2.52 bits per heavy atom. The third kappa shape index (κ3) is 6.30. The van der Waals surface area contributed by atoms with Crippen LogP contribution >= 0.6 is 24.8 Å². The smallest absolute Gasteiger partial charge is 0.221 e. The molecule has 1 aromatic carbocycles. The minimum atomic E-state index is -0.0250. The molecule has 2 N–H and O–H groups in total. The number of hydrogen-bond acceptors (Lipinski definition) is 3. The van der Waals surface area contributed by atoms with E-state index >= 15 is 0 Å². The van der Waals surface area contributed by atoms with Gasteiger partial charge in [0.1, 0.15) is 0 Å². The second-order valence-corrected chi connectivity index (χ2v) is 6.38. The second-order valence-electron chi connectivity index (χ2n) is 6.38. The average Bonchev–Trinajstić information content (AvgIpc) is 2.50. The minimum absolute atomic E-state index is 0. The lowest BCUT2D eigenvalue weighted by Gasteiger charge is -2.41. The normalized spacial score (nSPS) is 14.2. The van der Waals surface area contributed by atoms with Crippen molar-refractivity contribution in [1.82, 2.24) is 15.5 Å². The van der Waals surface area contributed by atoms with Gasteiger partial charge in [-0.2, -0.15) is 0 Å². The molecule has 1 aliphatic rings. The molecule has 1 heterocycles. The summed E-state index contributed by atoms with van der Waals surface area (Å²) in [6.07, 6.45) is 1.63. The fraction of sp³-hybridized carbons (Fsp3) is 0.588. The van der Waals surface area contributed by atoms with E-state index in [1.165, 1.54) is 11.1 Å². The van der Waals surface area contributed by atoms with Crippen molar-refractivity contribution in [2.24, 2.45) is 0 Å². The van der Waals surface area contributed by atoms with Crippen LogP contribution in [0.1, 0.15) is 31.4 Å². The molecule has 132 valence electrons. The van der Waals surface area contributed by atoms with Gasteiger partial charge in [-0.1, -0.05) is 24.3 Å². The fourth-order valence-electron chi connectivity index (χ4n) is 2.77. The summed E-state index contributed by atoms with van der Waals surface area (Å²) in [5, 5.41) is 6.06. The molecule has 0 atom stereocenters. The van der Waals surface area contributed by atoms with E-state index in [9.17, 15) is 4.79 Å². The van der Waals surface area contributed by atoms with Crippen molar-refractivity contribution in [2.75, 3.05) is 26.7 Å². The van der Waals surface area contributed by atoms with Crippen LogP contribution in [0.4, 0.5) is 0 Å². The standard InChI is InChI=1S/C17H27N3O.2ClH/c1-17(2,13-19-16(21)8-10-18-3)20-11-9-14-6-4-5-7-15(14)12-20;;/h4-7,18H,8-13H2,1-3H3,(H,19,21);2*1H. The van der Waals surface area contributed by atoms with E-state index in [0.29, 0.717) is 13.0 Å². The third-order valence-electron chi connectivity index (χ3n) is 4.31. The van der Waals surface area contributed by atoms with Gasteiger partial charge < -0.3 is 10.6 Å². The monoisotopic (exact) mass is 361 g/mol. The van der Waals surface area contributed by atoms with Crippen molar-refractivity contribution in [3.63, 3.8) is 0 Å². The minimum Gasteiger partial charge on any atom is -0.354 e. The Bertz CT molecular complexity index is 494. The number of carbonyl (C=O) groups is 1. The Kier molecular flexibility index (Phi) is 9.78. The highest BCUT2D eigenvalue weighted by molar-refractivity contribution is 5.85. The van der Waals surface area contributed by atoms with Gasteiger partial charge in [-0.25, -0.2) is 0 Å². The van der Waals surface area contributed by atoms with Crippen LogP contribution in [0.5, 0.6) is 0 Å². The van der Waals surface area contributed by atoms with E-state index in [1.807, 2.05) is 7.05 Å². The van der Waals surface area contributed by atoms with Gasteiger partial charge in [-0.05, 0) is 38.4 Å². The van der Waals surface area contributed by atoms with Crippen molar-refractivity contribution < 1.29 is 4.79 Å². The molecule has 0 bridgehead atoms. The molecule has 0 unspecified atom stereocenters. The predicted octanol–water partition coefficient (Wildman–Crippen LogP) is 2.39. The number of hydrogen-bond donors (Lipinski definition) is 2. The quantitative estimate of drug-likeness (QED) is 0.817. The Labute approximate surface area is 152 Å². The lowest BCUT2D eigenvalue weighted by Crippen LogP contribution is -2.53. The van der Waals surface area contributed by atoms with Gasteiger partial charge in [0, 0.05) is 38.1 Å². The molecule has 4 nitrogen and oxygen atoms in total. The number of halogens is 2. The molecular weight excluding hydrogens is 333 g/mol. The summed E-state index contributed by atoms with van der Waals surface area (Å²) in [6, 6.07) is 8.65. The van der Waals surface area contributed by atoms with Crippen molar-refractivity contribution >= 4 is 30.7 Å². The molecule has 1 aliphatic heterocycles. The maximum absolute atomic E-state index is 11.8. The maximum Gasteiger partial charge on any atom is 0.221 e. The summed E-state index contributed by atoms with van der Waals surface area (Å²) in [6.45, 7) is 7.85. The zero-order valence-electron chi connectivity index (χ0n) is 14.2. The van der Waals surface area contributed by atoms with Gasteiger partial charge in [0.2, 0.25) is 5.91 Å². The lowest BCUT2D eigenvalue weighted by atomic mass is 9.94. The van der Waals surface area contributed by atoms with Crippen LogP contribution in [0.3, 0.4) is 0 Å². The summed E-state index contributed by atoms with van der Waals surface area (Å²) in [7, 11) is 1.86. The molecule has 6 heteroatoms. The first-order chi connectivity index (χ1) is 10.0. The molecule has 2 rings (SSSR count). The van der Waals surface area contributed by atoms with Crippen LogP contribution in [0.2, 0.25) is 0 Å². The summed E-state index contributed by atoms with van der Waals surface area (Å²) < 4.78 is 0. The fourth-order valence-corrected chi connectivity index (χ4v) is 2.77. The highest BCUT2D eigenvalue weighted by Crippen LogP contribution is 2.24. The predicted molar refractivity (Wildman–Crippen MR) is 101 cm³/mol. The Hall–Kier alpha value is -0.810. The van der Waals surface area contributed by atoms with Crippen molar-refractivity contribution in [2.45, 2.75) is 38.8 Å². The summed E-state index contributed by atoms with van der Waals surface area (Å²) in [5.41, 5.74) is 2.85. The van der Waals surface area contributed by atoms with Gasteiger partial charge in [0.25, 0.3) is 0 Å². The van der Waals surface area contributed by atoms with Gasteiger partial charge in [0.15, 0.2) is 0 Å². The van der Waals surface area contributed by atoms with E-state index in [0.717, 1.165) is 26.1 Å². The van der Waals surface area contributed by atoms with Crippen LogP contribution in [0, 0.1) is 0 Å². The molecule has 1 amide bonds. The molecule has 0 fully saturated rings. The van der Waals surface area contributed by atoms with Crippen molar-refractivity contribution in [1.29, 1.82) is 0 Å². The second kappa shape index (κ2) is 10.1. The molecule has 23 heavy (non-hydrogen) atoms. The topological polar surface area (TPSA) is 44.4 Å². The number of amides is 1. The van der Waals surface area contributed by atoms with Crippen molar-refractivity contribution in [3.8, 4) is 0 Å². The number of nitrogens with zero attached hydrogens (tertiary/aromatic N) is 1. The zero-order chi connectivity index (χ0) is 15.3. The van der Waals surface area contributed by atoms with Crippen molar-refractivity contribution in [3.05, 3.63) is 35.4 Å². The van der Waals surface area contributed by atoms with Crippen LogP contribution in [0.15, 0.2) is 24.3 Å². The van der Waals surface area contributed by atoms with E-state index in [1.54, 1.807) is 0 Å². The van der Waals surface area contributed by atoms with Gasteiger partial charge in [-0.15, -0.1) is 24.8 Å². The Balaban J connectivity index is 0.00000242. The average molecular weight is 362 g/mol. The zero-order valence-corrected chi connectivity index (χ0v) is 15.9. The Morgan fingerprint density at radius 1 is 1.22 bits per heavy atom. The number of benzene rings is 1. The highest BCUT2D eigenvalue weighted by atomic mass is 35.5. The molecule has 0 aromatic heterocycles. The van der Waals surface area contributed by atoms with E-state index in [2.05, 4.69) is 53.6 Å². The van der Waals surface area contributed by atoms with E-state index in [-0.39, 0.29) is 36.3 Å². The summed E-state index contributed by atoms with van der Waals surface area (Å²) >= 11 is 0. The first kappa shape index (κ1) is 22.2. The molecule has 1 aromatic rings. The number of fused-ring (bicyclic) bond motifs is 1. The SMILES string of the molecule is CNCCC(=O)NCC(C)(C)N1CCc2ccccc2C1.Cl.Cl. The maximum atomic E-state index is 11.8. The molecule has 0 aliphatic carbocycles.